The third-order valence-corrected chi connectivity index (χ3v) is 2.76. The van der Waals surface area contributed by atoms with Crippen LogP contribution in [0, 0.1) is 11.8 Å². The van der Waals surface area contributed by atoms with Gasteiger partial charge in [0.2, 0.25) is 5.91 Å². The van der Waals surface area contributed by atoms with Crippen LogP contribution in [0.2, 0.25) is 0 Å². The van der Waals surface area contributed by atoms with Crippen molar-refractivity contribution in [3.63, 3.8) is 0 Å². The van der Waals surface area contributed by atoms with Crippen LogP contribution in [0.25, 0.3) is 0 Å². The summed E-state index contributed by atoms with van der Waals surface area (Å²) in [5, 5.41) is 0. The highest BCUT2D eigenvalue weighted by molar-refractivity contribution is 5.76. The first kappa shape index (κ1) is 13.0. The highest BCUT2D eigenvalue weighted by Gasteiger charge is 2.28. The van der Waals surface area contributed by atoms with Crippen LogP contribution >= 0.6 is 0 Å². The summed E-state index contributed by atoms with van der Waals surface area (Å²) in [6, 6.07) is 0. The van der Waals surface area contributed by atoms with Gasteiger partial charge in [-0.3, -0.25) is 9.59 Å². The number of amides is 1. The minimum absolute atomic E-state index is 0.0429. The molecule has 1 aliphatic rings. The molecule has 0 saturated carbocycles. The van der Waals surface area contributed by atoms with Crippen LogP contribution in [0.3, 0.4) is 0 Å². The van der Waals surface area contributed by atoms with Crippen LogP contribution < -0.4 is 0 Å². The summed E-state index contributed by atoms with van der Waals surface area (Å²) in [7, 11) is 0. The van der Waals surface area contributed by atoms with Gasteiger partial charge in [-0.1, -0.05) is 13.8 Å². The molecule has 0 aromatic heterocycles. The Morgan fingerprint density at radius 1 is 1.44 bits per heavy atom. The monoisotopic (exact) mass is 227 g/mol. The maximum atomic E-state index is 11.7. The fourth-order valence-electron chi connectivity index (χ4n) is 1.82. The van der Waals surface area contributed by atoms with E-state index < -0.39 is 0 Å². The van der Waals surface area contributed by atoms with E-state index in [0.29, 0.717) is 19.1 Å². The smallest absolute Gasteiger partial charge is 0.310 e. The Bertz CT molecular complexity index is 263. The highest BCUT2D eigenvalue weighted by atomic mass is 16.5. The first-order valence-electron chi connectivity index (χ1n) is 5.93. The largest absolute Gasteiger partial charge is 0.465 e. The molecule has 4 nitrogen and oxygen atoms in total. The summed E-state index contributed by atoms with van der Waals surface area (Å²) in [5.74, 6) is 0.119. The third-order valence-electron chi connectivity index (χ3n) is 2.76. The van der Waals surface area contributed by atoms with E-state index in [1.165, 1.54) is 0 Å². The van der Waals surface area contributed by atoms with Crippen molar-refractivity contribution in [2.45, 2.75) is 33.6 Å². The van der Waals surface area contributed by atoms with E-state index in [2.05, 4.69) is 0 Å². The first-order chi connectivity index (χ1) is 7.50. The molecule has 1 rings (SSSR count). The molecule has 92 valence electrons. The maximum Gasteiger partial charge on any atom is 0.310 e. The summed E-state index contributed by atoms with van der Waals surface area (Å²) >= 11 is 0. The molecule has 1 fully saturated rings. The van der Waals surface area contributed by atoms with Crippen molar-refractivity contribution in [3.05, 3.63) is 0 Å². The minimum Gasteiger partial charge on any atom is -0.465 e. The predicted octanol–water partition coefficient (Wildman–Crippen LogP) is 1.44. The average Bonchev–Trinajstić information content (AvgIpc) is 2.26. The Morgan fingerprint density at radius 2 is 2.12 bits per heavy atom. The van der Waals surface area contributed by atoms with Gasteiger partial charge in [0.1, 0.15) is 0 Å². The molecule has 1 amide bonds. The van der Waals surface area contributed by atoms with Crippen LogP contribution in [0.4, 0.5) is 0 Å². The van der Waals surface area contributed by atoms with Gasteiger partial charge in [0.05, 0.1) is 12.5 Å². The van der Waals surface area contributed by atoms with Crippen molar-refractivity contribution in [1.82, 2.24) is 4.90 Å². The number of carbonyl (C=O) groups excluding carboxylic acids is 2. The molecule has 1 unspecified atom stereocenters. The van der Waals surface area contributed by atoms with Gasteiger partial charge >= 0.3 is 5.97 Å². The quantitative estimate of drug-likeness (QED) is 0.685. The molecule has 1 atom stereocenters. The topological polar surface area (TPSA) is 46.6 Å². The van der Waals surface area contributed by atoms with Gasteiger partial charge in [0, 0.05) is 20.0 Å². The predicted molar refractivity (Wildman–Crippen MR) is 60.8 cm³/mol. The number of hydrogen-bond acceptors (Lipinski definition) is 3. The van der Waals surface area contributed by atoms with Gasteiger partial charge in [-0.05, 0) is 18.8 Å². The van der Waals surface area contributed by atoms with Crippen molar-refractivity contribution < 1.29 is 14.3 Å². The SMILES string of the molecule is CC(=O)N1CCCC(C(=O)OCC(C)C)C1. The van der Waals surface area contributed by atoms with E-state index in [-0.39, 0.29) is 17.8 Å². The lowest BCUT2D eigenvalue weighted by atomic mass is 9.98. The number of likely N-dealkylation sites (tertiary alicyclic amines) is 1. The zero-order chi connectivity index (χ0) is 12.1. The van der Waals surface area contributed by atoms with E-state index >= 15 is 0 Å². The maximum absolute atomic E-state index is 11.7. The molecule has 0 radical (unpaired) electrons. The highest BCUT2D eigenvalue weighted by Crippen LogP contribution is 2.18. The first-order valence-corrected chi connectivity index (χ1v) is 5.93. The van der Waals surface area contributed by atoms with Gasteiger partial charge in [-0.15, -0.1) is 0 Å². The molecule has 1 heterocycles. The molecule has 1 aliphatic heterocycles. The van der Waals surface area contributed by atoms with Gasteiger partial charge < -0.3 is 9.64 Å². The second kappa shape index (κ2) is 5.87. The van der Waals surface area contributed by atoms with Crippen molar-refractivity contribution in [2.24, 2.45) is 11.8 Å². The van der Waals surface area contributed by atoms with Gasteiger partial charge in [0.15, 0.2) is 0 Å². The van der Waals surface area contributed by atoms with Crippen molar-refractivity contribution >= 4 is 11.9 Å². The Hall–Kier alpha value is -1.06. The Kier molecular flexibility index (Phi) is 4.77. The summed E-state index contributed by atoms with van der Waals surface area (Å²) in [4.78, 5) is 24.6. The van der Waals surface area contributed by atoms with Crippen molar-refractivity contribution in [2.75, 3.05) is 19.7 Å². The molecule has 1 saturated heterocycles. The van der Waals surface area contributed by atoms with Gasteiger partial charge in [-0.2, -0.15) is 0 Å². The van der Waals surface area contributed by atoms with Crippen LogP contribution in [0.15, 0.2) is 0 Å². The second-order valence-corrected chi connectivity index (χ2v) is 4.83. The molecule has 0 aromatic carbocycles. The fourth-order valence-corrected chi connectivity index (χ4v) is 1.82. The van der Waals surface area contributed by atoms with Crippen LogP contribution in [-0.4, -0.2) is 36.5 Å². The molecule has 0 aliphatic carbocycles. The Balaban J connectivity index is 2.41. The normalized spacial score (nSPS) is 21.0. The fraction of sp³-hybridized carbons (Fsp3) is 0.833. The minimum atomic E-state index is -0.153. The molecule has 4 heteroatoms. The lowest BCUT2D eigenvalue weighted by Crippen LogP contribution is -2.41. The molecule has 0 aromatic rings. The number of nitrogens with zero attached hydrogens (tertiary/aromatic N) is 1. The van der Waals surface area contributed by atoms with Crippen molar-refractivity contribution in [1.29, 1.82) is 0 Å². The molecule has 16 heavy (non-hydrogen) atoms. The lowest BCUT2D eigenvalue weighted by molar-refractivity contribution is -0.152. The van der Waals surface area contributed by atoms with E-state index in [1.54, 1.807) is 11.8 Å². The van der Waals surface area contributed by atoms with Gasteiger partial charge in [-0.25, -0.2) is 0 Å². The summed E-state index contributed by atoms with van der Waals surface area (Å²) in [5.41, 5.74) is 0. The summed E-state index contributed by atoms with van der Waals surface area (Å²) in [6.07, 6.45) is 1.72. The second-order valence-electron chi connectivity index (χ2n) is 4.83. The Labute approximate surface area is 96.9 Å². The van der Waals surface area contributed by atoms with Crippen molar-refractivity contribution in [3.8, 4) is 0 Å². The molecular weight excluding hydrogens is 206 g/mol. The third kappa shape index (κ3) is 3.83. The standard InChI is InChI=1S/C12H21NO3/c1-9(2)8-16-12(15)11-5-4-6-13(7-11)10(3)14/h9,11H,4-8H2,1-3H3. The molecule has 0 bridgehead atoms. The zero-order valence-electron chi connectivity index (χ0n) is 10.4. The number of carbonyl (C=O) groups is 2. The molecule has 0 spiro atoms. The number of ether oxygens (including phenoxy) is 1. The van der Waals surface area contributed by atoms with Gasteiger partial charge in [0.25, 0.3) is 0 Å². The average molecular weight is 227 g/mol. The number of esters is 1. The molecular formula is C12H21NO3. The van der Waals surface area contributed by atoms with E-state index in [0.717, 1.165) is 19.4 Å². The Morgan fingerprint density at radius 3 is 2.69 bits per heavy atom. The van der Waals surface area contributed by atoms with E-state index in [4.69, 9.17) is 4.74 Å². The van der Waals surface area contributed by atoms with Crippen LogP contribution in [0.5, 0.6) is 0 Å². The van der Waals surface area contributed by atoms with Crippen LogP contribution in [0.1, 0.15) is 33.6 Å². The number of rotatable bonds is 3. The summed E-state index contributed by atoms with van der Waals surface area (Å²) in [6.45, 7) is 7.32. The number of piperidine rings is 1. The summed E-state index contributed by atoms with van der Waals surface area (Å²) < 4.78 is 5.19. The number of hydrogen-bond donors (Lipinski definition) is 0. The zero-order valence-corrected chi connectivity index (χ0v) is 10.4. The van der Waals surface area contributed by atoms with Crippen LogP contribution in [-0.2, 0) is 14.3 Å². The van der Waals surface area contributed by atoms with E-state index in [9.17, 15) is 9.59 Å². The van der Waals surface area contributed by atoms with E-state index in [1.807, 2.05) is 13.8 Å². The molecule has 0 N–H and O–H groups in total. The lowest BCUT2D eigenvalue weighted by Gasteiger charge is -2.30.